The Bertz CT molecular complexity index is 680. The molecule has 0 saturated heterocycles. The van der Waals surface area contributed by atoms with Crippen molar-refractivity contribution in [3.8, 4) is 11.5 Å². The fourth-order valence-electron chi connectivity index (χ4n) is 2.31. The summed E-state index contributed by atoms with van der Waals surface area (Å²) >= 11 is 0. The molecular formula is C18H21NO3. The van der Waals surface area contributed by atoms with Gasteiger partial charge in [-0.05, 0) is 54.8 Å². The van der Waals surface area contributed by atoms with Crippen molar-refractivity contribution in [2.24, 2.45) is 0 Å². The second-order valence-corrected chi connectivity index (χ2v) is 5.09. The lowest BCUT2D eigenvalue weighted by molar-refractivity contribution is 0.0950. The highest BCUT2D eigenvalue weighted by Crippen LogP contribution is 2.23. The predicted molar refractivity (Wildman–Crippen MR) is 86.6 cm³/mol. The van der Waals surface area contributed by atoms with Crippen LogP contribution in [0.2, 0.25) is 0 Å². The molecule has 22 heavy (non-hydrogen) atoms. The van der Waals surface area contributed by atoms with Gasteiger partial charge < -0.3 is 14.8 Å². The molecule has 0 aromatic heterocycles. The molecule has 1 amide bonds. The predicted octanol–water partition coefficient (Wildman–Crippen LogP) is 3.25. The molecule has 0 fully saturated rings. The van der Waals surface area contributed by atoms with Gasteiger partial charge in [0.2, 0.25) is 0 Å². The maximum atomic E-state index is 12.2. The third-order valence-corrected chi connectivity index (χ3v) is 3.84. The van der Waals surface area contributed by atoms with Gasteiger partial charge in [0.25, 0.3) is 5.91 Å². The molecule has 2 aromatic carbocycles. The maximum absolute atomic E-state index is 12.2. The molecule has 4 nitrogen and oxygen atoms in total. The Labute approximate surface area is 131 Å². The lowest BCUT2D eigenvalue weighted by atomic mass is 10.0. The number of hydrogen-bond acceptors (Lipinski definition) is 3. The second kappa shape index (κ2) is 6.98. The van der Waals surface area contributed by atoms with Crippen molar-refractivity contribution in [2.75, 3.05) is 14.2 Å². The van der Waals surface area contributed by atoms with E-state index < -0.39 is 0 Å². The minimum absolute atomic E-state index is 0.119. The van der Waals surface area contributed by atoms with Crippen LogP contribution in [0.5, 0.6) is 11.5 Å². The highest BCUT2D eigenvalue weighted by molar-refractivity contribution is 5.94. The SMILES string of the molecule is COc1cccc(C(=O)NCc2ccc(OC)c(C)c2C)c1. The molecule has 0 aliphatic heterocycles. The van der Waals surface area contributed by atoms with E-state index in [1.165, 1.54) is 0 Å². The largest absolute Gasteiger partial charge is 0.497 e. The molecule has 4 heteroatoms. The number of carbonyl (C=O) groups excluding carboxylic acids is 1. The molecule has 0 aliphatic rings. The van der Waals surface area contributed by atoms with Crippen molar-refractivity contribution < 1.29 is 14.3 Å². The number of nitrogens with one attached hydrogen (secondary N) is 1. The quantitative estimate of drug-likeness (QED) is 0.922. The van der Waals surface area contributed by atoms with Crippen molar-refractivity contribution >= 4 is 5.91 Å². The minimum atomic E-state index is -0.119. The van der Waals surface area contributed by atoms with Crippen LogP contribution in [0.25, 0.3) is 0 Å². The molecule has 0 radical (unpaired) electrons. The zero-order valence-electron chi connectivity index (χ0n) is 13.4. The number of benzene rings is 2. The van der Waals surface area contributed by atoms with Gasteiger partial charge in [0.05, 0.1) is 14.2 Å². The first kappa shape index (κ1) is 15.9. The summed E-state index contributed by atoms with van der Waals surface area (Å²) in [5.74, 6) is 1.41. The summed E-state index contributed by atoms with van der Waals surface area (Å²) in [6.07, 6.45) is 0. The van der Waals surface area contributed by atoms with Crippen LogP contribution in [0.1, 0.15) is 27.0 Å². The number of methoxy groups -OCH3 is 2. The van der Waals surface area contributed by atoms with E-state index in [9.17, 15) is 4.79 Å². The zero-order chi connectivity index (χ0) is 16.1. The summed E-state index contributed by atoms with van der Waals surface area (Å²) in [4.78, 5) is 12.2. The van der Waals surface area contributed by atoms with Crippen molar-refractivity contribution in [2.45, 2.75) is 20.4 Å². The Morgan fingerprint density at radius 1 is 1.05 bits per heavy atom. The molecular weight excluding hydrogens is 278 g/mol. The molecule has 1 N–H and O–H groups in total. The maximum Gasteiger partial charge on any atom is 0.251 e. The Morgan fingerprint density at radius 2 is 1.82 bits per heavy atom. The molecule has 2 aromatic rings. The fraction of sp³-hybridized carbons (Fsp3) is 0.278. The summed E-state index contributed by atoms with van der Waals surface area (Å²) in [7, 11) is 3.24. The standard InChI is InChI=1S/C18H21NO3/c1-12-13(2)17(22-4)9-8-15(12)11-19-18(20)14-6-5-7-16(10-14)21-3/h5-10H,11H2,1-4H3,(H,19,20). The molecule has 0 aliphatic carbocycles. The summed E-state index contributed by atoms with van der Waals surface area (Å²) < 4.78 is 10.4. The van der Waals surface area contributed by atoms with Gasteiger partial charge in [-0.25, -0.2) is 0 Å². The van der Waals surface area contributed by atoms with Crippen LogP contribution in [0, 0.1) is 13.8 Å². The third kappa shape index (κ3) is 3.39. The van der Waals surface area contributed by atoms with Gasteiger partial charge in [-0.1, -0.05) is 12.1 Å². The number of amides is 1. The van der Waals surface area contributed by atoms with Crippen molar-refractivity contribution in [1.29, 1.82) is 0 Å². The topological polar surface area (TPSA) is 47.6 Å². The van der Waals surface area contributed by atoms with Gasteiger partial charge in [-0.3, -0.25) is 4.79 Å². The van der Waals surface area contributed by atoms with Gasteiger partial charge in [-0.2, -0.15) is 0 Å². The molecule has 116 valence electrons. The number of rotatable bonds is 5. The Balaban J connectivity index is 2.09. The van der Waals surface area contributed by atoms with Gasteiger partial charge in [0, 0.05) is 12.1 Å². The highest BCUT2D eigenvalue weighted by Gasteiger charge is 2.10. The third-order valence-electron chi connectivity index (χ3n) is 3.84. The van der Waals surface area contributed by atoms with E-state index in [-0.39, 0.29) is 5.91 Å². The summed E-state index contributed by atoms with van der Waals surface area (Å²) in [5.41, 5.74) is 3.89. The molecule has 0 spiro atoms. The first-order valence-electron chi connectivity index (χ1n) is 7.12. The normalized spacial score (nSPS) is 10.2. The van der Waals surface area contributed by atoms with E-state index in [1.54, 1.807) is 32.4 Å². The van der Waals surface area contributed by atoms with Crippen LogP contribution < -0.4 is 14.8 Å². The van der Waals surface area contributed by atoms with Gasteiger partial charge in [0.1, 0.15) is 11.5 Å². The van der Waals surface area contributed by atoms with Crippen LogP contribution in [-0.2, 0) is 6.54 Å². The summed E-state index contributed by atoms with van der Waals surface area (Å²) in [6, 6.07) is 11.0. The van der Waals surface area contributed by atoms with Crippen LogP contribution in [-0.4, -0.2) is 20.1 Å². The molecule has 0 saturated carbocycles. The molecule has 0 heterocycles. The van der Waals surface area contributed by atoms with Crippen LogP contribution in [0.3, 0.4) is 0 Å². The minimum Gasteiger partial charge on any atom is -0.497 e. The Morgan fingerprint density at radius 3 is 2.50 bits per heavy atom. The molecule has 2 rings (SSSR count). The lowest BCUT2D eigenvalue weighted by Crippen LogP contribution is -2.23. The molecule has 0 atom stereocenters. The van der Waals surface area contributed by atoms with E-state index in [4.69, 9.17) is 9.47 Å². The number of carbonyl (C=O) groups is 1. The monoisotopic (exact) mass is 299 g/mol. The van der Waals surface area contributed by atoms with Gasteiger partial charge in [-0.15, -0.1) is 0 Å². The van der Waals surface area contributed by atoms with E-state index in [0.29, 0.717) is 17.9 Å². The Kier molecular flexibility index (Phi) is 5.04. The first-order chi connectivity index (χ1) is 10.6. The zero-order valence-corrected chi connectivity index (χ0v) is 13.4. The van der Waals surface area contributed by atoms with Crippen LogP contribution >= 0.6 is 0 Å². The second-order valence-electron chi connectivity index (χ2n) is 5.09. The average molecular weight is 299 g/mol. The van der Waals surface area contributed by atoms with E-state index in [1.807, 2.05) is 32.0 Å². The molecule has 0 bridgehead atoms. The number of hydrogen-bond donors (Lipinski definition) is 1. The first-order valence-corrected chi connectivity index (χ1v) is 7.12. The smallest absolute Gasteiger partial charge is 0.251 e. The van der Waals surface area contributed by atoms with Gasteiger partial charge >= 0.3 is 0 Å². The van der Waals surface area contributed by atoms with E-state index in [2.05, 4.69) is 5.32 Å². The van der Waals surface area contributed by atoms with Gasteiger partial charge in [0.15, 0.2) is 0 Å². The summed E-state index contributed by atoms with van der Waals surface area (Å²) in [6.45, 7) is 4.53. The number of ether oxygens (including phenoxy) is 2. The molecule has 0 unspecified atom stereocenters. The van der Waals surface area contributed by atoms with Crippen molar-refractivity contribution in [1.82, 2.24) is 5.32 Å². The Hall–Kier alpha value is -2.49. The van der Waals surface area contributed by atoms with Crippen molar-refractivity contribution in [3.63, 3.8) is 0 Å². The summed E-state index contributed by atoms with van der Waals surface area (Å²) in [5, 5.41) is 2.94. The van der Waals surface area contributed by atoms with E-state index in [0.717, 1.165) is 22.4 Å². The van der Waals surface area contributed by atoms with Crippen LogP contribution in [0.15, 0.2) is 36.4 Å². The highest BCUT2D eigenvalue weighted by atomic mass is 16.5. The lowest BCUT2D eigenvalue weighted by Gasteiger charge is -2.13. The van der Waals surface area contributed by atoms with E-state index >= 15 is 0 Å². The fourth-order valence-corrected chi connectivity index (χ4v) is 2.31. The van der Waals surface area contributed by atoms with Crippen LogP contribution in [0.4, 0.5) is 0 Å². The van der Waals surface area contributed by atoms with Crippen molar-refractivity contribution in [3.05, 3.63) is 58.7 Å². The average Bonchev–Trinajstić information content (AvgIpc) is 2.56.